The molecule has 1 amide bonds. The van der Waals surface area contributed by atoms with Crippen molar-refractivity contribution < 1.29 is 9.53 Å². The molecule has 0 bridgehead atoms. The first-order valence-electron chi connectivity index (χ1n) is 5.14. The lowest BCUT2D eigenvalue weighted by molar-refractivity contribution is -0.120. The molecule has 1 atom stereocenters. The number of hydrogen-bond donors (Lipinski definition) is 1. The summed E-state index contributed by atoms with van der Waals surface area (Å²) in [7, 11) is 1.67. The Morgan fingerprint density at radius 1 is 1.69 bits per heavy atom. The molecular formula is C11H16BrNO2S. The SMILES string of the molecule is COCC(Br)CCNC(=O)Cc1cccs1. The molecule has 0 radical (unpaired) electrons. The fourth-order valence-electron chi connectivity index (χ4n) is 1.27. The molecule has 0 aliphatic carbocycles. The van der Waals surface area contributed by atoms with Crippen molar-refractivity contribution in [3.63, 3.8) is 0 Å². The predicted molar refractivity (Wildman–Crippen MR) is 70.2 cm³/mol. The van der Waals surface area contributed by atoms with Crippen LogP contribution in [0.4, 0.5) is 0 Å². The van der Waals surface area contributed by atoms with Gasteiger partial charge in [0.2, 0.25) is 5.91 Å². The second kappa shape index (κ2) is 7.81. The summed E-state index contributed by atoms with van der Waals surface area (Å²) in [5.74, 6) is 0.0829. The van der Waals surface area contributed by atoms with Crippen LogP contribution in [0.5, 0.6) is 0 Å². The molecule has 1 aromatic rings. The molecule has 0 fully saturated rings. The number of amides is 1. The van der Waals surface area contributed by atoms with Gasteiger partial charge in [0.05, 0.1) is 13.0 Å². The molecular weight excluding hydrogens is 290 g/mol. The monoisotopic (exact) mass is 305 g/mol. The van der Waals surface area contributed by atoms with Gasteiger partial charge in [0.1, 0.15) is 0 Å². The first-order chi connectivity index (χ1) is 7.72. The number of nitrogens with one attached hydrogen (secondary N) is 1. The number of ether oxygens (including phenoxy) is 1. The molecule has 0 aliphatic rings. The molecule has 3 nitrogen and oxygen atoms in total. The Morgan fingerprint density at radius 3 is 3.12 bits per heavy atom. The minimum absolute atomic E-state index is 0.0829. The summed E-state index contributed by atoms with van der Waals surface area (Å²) < 4.78 is 4.99. The molecule has 1 unspecified atom stereocenters. The van der Waals surface area contributed by atoms with E-state index in [-0.39, 0.29) is 5.91 Å². The Bertz CT molecular complexity index is 303. The third kappa shape index (κ3) is 5.63. The number of alkyl halides is 1. The zero-order valence-corrected chi connectivity index (χ0v) is 11.6. The lowest BCUT2D eigenvalue weighted by Crippen LogP contribution is -2.28. The Kier molecular flexibility index (Phi) is 6.68. The van der Waals surface area contributed by atoms with Crippen LogP contribution in [0, 0.1) is 0 Å². The average Bonchev–Trinajstić information content (AvgIpc) is 2.70. The molecule has 0 saturated carbocycles. The van der Waals surface area contributed by atoms with E-state index < -0.39 is 0 Å². The molecule has 0 saturated heterocycles. The number of carbonyl (C=O) groups is 1. The quantitative estimate of drug-likeness (QED) is 0.784. The highest BCUT2D eigenvalue weighted by atomic mass is 79.9. The van der Waals surface area contributed by atoms with Crippen LogP contribution in [0.15, 0.2) is 17.5 Å². The van der Waals surface area contributed by atoms with Crippen LogP contribution in [-0.2, 0) is 16.0 Å². The maximum atomic E-state index is 11.5. The van der Waals surface area contributed by atoms with E-state index in [0.29, 0.717) is 24.4 Å². The van der Waals surface area contributed by atoms with Crippen molar-refractivity contribution in [1.29, 1.82) is 0 Å². The number of methoxy groups -OCH3 is 1. The molecule has 1 N–H and O–H groups in total. The van der Waals surface area contributed by atoms with Crippen LogP contribution in [0.2, 0.25) is 0 Å². The summed E-state index contributed by atoms with van der Waals surface area (Å²) >= 11 is 5.08. The highest BCUT2D eigenvalue weighted by Crippen LogP contribution is 2.09. The van der Waals surface area contributed by atoms with Crippen LogP contribution in [0.3, 0.4) is 0 Å². The van der Waals surface area contributed by atoms with E-state index in [1.807, 2.05) is 17.5 Å². The zero-order valence-electron chi connectivity index (χ0n) is 9.24. The molecule has 16 heavy (non-hydrogen) atoms. The second-order valence-corrected chi connectivity index (χ2v) is 5.77. The number of halogens is 1. The predicted octanol–water partition coefficient (Wildman–Crippen LogP) is 2.21. The molecule has 1 aromatic heterocycles. The van der Waals surface area contributed by atoms with Crippen LogP contribution >= 0.6 is 27.3 Å². The normalized spacial score (nSPS) is 12.4. The van der Waals surface area contributed by atoms with Gasteiger partial charge in [0, 0.05) is 23.4 Å². The summed E-state index contributed by atoms with van der Waals surface area (Å²) in [5, 5.41) is 4.87. The topological polar surface area (TPSA) is 38.3 Å². The summed E-state index contributed by atoms with van der Waals surface area (Å²) in [6, 6.07) is 3.93. The van der Waals surface area contributed by atoms with E-state index in [1.54, 1.807) is 18.4 Å². The van der Waals surface area contributed by atoms with Crippen LogP contribution in [0.1, 0.15) is 11.3 Å². The Balaban J connectivity index is 2.11. The van der Waals surface area contributed by atoms with Gasteiger partial charge < -0.3 is 10.1 Å². The van der Waals surface area contributed by atoms with E-state index in [0.717, 1.165) is 11.3 Å². The lowest BCUT2D eigenvalue weighted by Gasteiger charge is -2.09. The van der Waals surface area contributed by atoms with Gasteiger partial charge in [-0.05, 0) is 17.9 Å². The van der Waals surface area contributed by atoms with Crippen LogP contribution in [0.25, 0.3) is 0 Å². The van der Waals surface area contributed by atoms with Crippen molar-refractivity contribution in [3.8, 4) is 0 Å². The fraction of sp³-hybridized carbons (Fsp3) is 0.545. The van der Waals surface area contributed by atoms with E-state index >= 15 is 0 Å². The molecule has 0 aliphatic heterocycles. The van der Waals surface area contributed by atoms with Crippen molar-refractivity contribution in [2.75, 3.05) is 20.3 Å². The molecule has 90 valence electrons. The van der Waals surface area contributed by atoms with Crippen molar-refractivity contribution in [2.24, 2.45) is 0 Å². The van der Waals surface area contributed by atoms with E-state index in [1.165, 1.54) is 0 Å². The van der Waals surface area contributed by atoms with Gasteiger partial charge in [-0.1, -0.05) is 22.0 Å². The summed E-state index contributed by atoms with van der Waals surface area (Å²) in [4.78, 5) is 12.9. The molecule has 1 rings (SSSR count). The summed E-state index contributed by atoms with van der Waals surface area (Å²) in [6.07, 6.45) is 1.36. The maximum absolute atomic E-state index is 11.5. The van der Waals surface area contributed by atoms with E-state index in [2.05, 4.69) is 21.2 Å². The maximum Gasteiger partial charge on any atom is 0.225 e. The fourth-order valence-corrected chi connectivity index (χ4v) is 2.46. The standard InChI is InChI=1S/C11H16BrNO2S/c1-15-8-9(12)4-5-13-11(14)7-10-3-2-6-16-10/h2-3,6,9H,4-5,7-8H2,1H3,(H,13,14). The third-order valence-corrected chi connectivity index (χ3v) is 3.64. The molecule has 5 heteroatoms. The minimum atomic E-state index is 0.0829. The molecule has 0 spiro atoms. The average molecular weight is 306 g/mol. The summed E-state index contributed by atoms with van der Waals surface area (Å²) in [5.41, 5.74) is 0. The minimum Gasteiger partial charge on any atom is -0.384 e. The van der Waals surface area contributed by atoms with Gasteiger partial charge >= 0.3 is 0 Å². The van der Waals surface area contributed by atoms with Crippen molar-refractivity contribution in [1.82, 2.24) is 5.32 Å². The van der Waals surface area contributed by atoms with E-state index in [9.17, 15) is 4.79 Å². The lowest BCUT2D eigenvalue weighted by atomic mass is 10.3. The summed E-state index contributed by atoms with van der Waals surface area (Å²) in [6.45, 7) is 1.35. The number of rotatable bonds is 7. The number of thiophene rings is 1. The van der Waals surface area contributed by atoms with Gasteiger partial charge in [0.15, 0.2) is 0 Å². The van der Waals surface area contributed by atoms with Gasteiger partial charge in [-0.15, -0.1) is 11.3 Å². The Morgan fingerprint density at radius 2 is 2.50 bits per heavy atom. The highest BCUT2D eigenvalue weighted by Gasteiger charge is 2.06. The van der Waals surface area contributed by atoms with Gasteiger partial charge in [0.25, 0.3) is 0 Å². The first kappa shape index (κ1) is 13.7. The van der Waals surface area contributed by atoms with Gasteiger partial charge in [-0.25, -0.2) is 0 Å². The van der Waals surface area contributed by atoms with Crippen LogP contribution < -0.4 is 5.32 Å². The number of hydrogen-bond acceptors (Lipinski definition) is 3. The van der Waals surface area contributed by atoms with E-state index in [4.69, 9.17) is 4.74 Å². The van der Waals surface area contributed by atoms with Gasteiger partial charge in [-0.3, -0.25) is 4.79 Å². The molecule has 0 aromatic carbocycles. The van der Waals surface area contributed by atoms with Crippen LogP contribution in [-0.4, -0.2) is 31.0 Å². The Labute approximate surface area is 108 Å². The van der Waals surface area contributed by atoms with Crippen molar-refractivity contribution in [2.45, 2.75) is 17.7 Å². The number of carbonyl (C=O) groups excluding carboxylic acids is 1. The third-order valence-electron chi connectivity index (χ3n) is 2.04. The smallest absolute Gasteiger partial charge is 0.225 e. The zero-order chi connectivity index (χ0) is 11.8. The Hall–Kier alpha value is -0.390. The van der Waals surface area contributed by atoms with Crippen molar-refractivity contribution >= 4 is 33.2 Å². The molecule has 1 heterocycles. The largest absolute Gasteiger partial charge is 0.384 e. The first-order valence-corrected chi connectivity index (χ1v) is 6.94. The highest BCUT2D eigenvalue weighted by molar-refractivity contribution is 9.09. The van der Waals surface area contributed by atoms with Crippen molar-refractivity contribution in [3.05, 3.63) is 22.4 Å². The second-order valence-electron chi connectivity index (χ2n) is 3.45. The van der Waals surface area contributed by atoms with Gasteiger partial charge in [-0.2, -0.15) is 0 Å².